The van der Waals surface area contributed by atoms with Crippen molar-refractivity contribution in [2.75, 3.05) is 37.9 Å². The Kier molecular flexibility index (Phi) is 8.85. The van der Waals surface area contributed by atoms with E-state index < -0.39 is 0 Å². The number of rotatable bonds is 10. The molecule has 0 spiro atoms. The molecule has 1 aromatic carbocycles. The summed E-state index contributed by atoms with van der Waals surface area (Å²) in [5.41, 5.74) is 1.53. The van der Waals surface area contributed by atoms with Crippen molar-refractivity contribution in [1.29, 1.82) is 0 Å². The van der Waals surface area contributed by atoms with E-state index in [1.807, 2.05) is 12.1 Å². The lowest BCUT2D eigenvalue weighted by atomic mass is 10.2. The van der Waals surface area contributed by atoms with Gasteiger partial charge < -0.3 is 10.1 Å². The van der Waals surface area contributed by atoms with Gasteiger partial charge in [0.25, 0.3) is 0 Å². The summed E-state index contributed by atoms with van der Waals surface area (Å²) in [5.74, 6) is -0.0771. The molecule has 0 radical (unpaired) electrons. The first-order valence-corrected chi connectivity index (χ1v) is 7.99. The Hall–Kier alpha value is -1.27. The first-order valence-electron chi connectivity index (χ1n) is 7.10. The number of carbonyl (C=O) groups excluding carboxylic acids is 1. The average Bonchev–Trinajstić information content (AvgIpc) is 2.48. The van der Waals surface area contributed by atoms with Crippen LogP contribution in [0.25, 0.3) is 0 Å². The number of benzene rings is 1. The minimum Gasteiger partial charge on any atom is -0.461 e. The Balaban J connectivity index is 2.33. The smallest absolute Gasteiger partial charge is 0.338 e. The Morgan fingerprint density at radius 1 is 1.38 bits per heavy atom. The maximum Gasteiger partial charge on any atom is 0.338 e. The second-order valence-electron chi connectivity index (χ2n) is 4.81. The summed E-state index contributed by atoms with van der Waals surface area (Å²) >= 11 is 0.253. The predicted octanol–water partition coefficient (Wildman–Crippen LogP) is 3.56. The maximum atomic E-state index is 12.0. The van der Waals surface area contributed by atoms with Gasteiger partial charge in [-0.05, 0) is 37.7 Å². The molecule has 118 valence electrons. The van der Waals surface area contributed by atoms with Crippen molar-refractivity contribution in [3.8, 4) is 0 Å². The second kappa shape index (κ2) is 10.5. The largest absolute Gasteiger partial charge is 0.461 e. The highest BCUT2D eigenvalue weighted by Gasteiger charge is 2.07. The van der Waals surface area contributed by atoms with E-state index >= 15 is 0 Å². The summed E-state index contributed by atoms with van der Waals surface area (Å²) in [6.45, 7) is 3.84. The minimum atomic E-state index is -0.351. The third kappa shape index (κ3) is 7.34. The van der Waals surface area contributed by atoms with Crippen LogP contribution in [0, 0.1) is 0 Å². The molecule has 0 saturated heterocycles. The number of hydrogen-bond donors (Lipinski definition) is 1. The van der Waals surface area contributed by atoms with E-state index in [0.717, 1.165) is 25.1 Å². The molecule has 0 aliphatic carbocycles. The summed E-state index contributed by atoms with van der Waals surface area (Å²) in [6, 6.07) is 7.24. The number of ether oxygens (including phenoxy) is 1. The quantitative estimate of drug-likeness (QED) is 0.406. The topological polar surface area (TPSA) is 41.6 Å². The fourth-order valence-corrected chi connectivity index (χ4v) is 1.95. The SMILES string of the molecule is CCCCNc1ccc(C(=O)OCCN(C)CSF)cc1. The van der Waals surface area contributed by atoms with Crippen LogP contribution in [0.2, 0.25) is 0 Å². The molecule has 0 aliphatic heterocycles. The van der Waals surface area contributed by atoms with Crippen molar-refractivity contribution in [3.63, 3.8) is 0 Å². The summed E-state index contributed by atoms with van der Waals surface area (Å²) in [6.07, 6.45) is 2.27. The molecule has 4 nitrogen and oxygen atoms in total. The number of likely N-dealkylation sites (N-methyl/N-ethyl adjacent to an activating group) is 1. The summed E-state index contributed by atoms with van der Waals surface area (Å²) in [5, 5.41) is 3.29. The number of hydrogen-bond acceptors (Lipinski definition) is 5. The van der Waals surface area contributed by atoms with Gasteiger partial charge in [0.15, 0.2) is 0 Å². The van der Waals surface area contributed by atoms with E-state index in [-0.39, 0.29) is 30.6 Å². The third-order valence-corrected chi connectivity index (χ3v) is 3.49. The molecule has 1 rings (SSSR count). The third-order valence-electron chi connectivity index (χ3n) is 2.96. The molecule has 0 aromatic heterocycles. The van der Waals surface area contributed by atoms with Gasteiger partial charge in [-0.1, -0.05) is 13.3 Å². The van der Waals surface area contributed by atoms with Crippen molar-refractivity contribution in [2.45, 2.75) is 19.8 Å². The molecule has 0 atom stereocenters. The van der Waals surface area contributed by atoms with Gasteiger partial charge in [0.1, 0.15) is 6.61 Å². The number of nitrogens with zero attached hydrogens (tertiary/aromatic N) is 1. The Morgan fingerprint density at radius 3 is 2.71 bits per heavy atom. The Morgan fingerprint density at radius 2 is 2.10 bits per heavy atom. The molecule has 1 aromatic rings. The van der Waals surface area contributed by atoms with Crippen LogP contribution in [-0.4, -0.2) is 43.5 Å². The van der Waals surface area contributed by atoms with Gasteiger partial charge in [0.2, 0.25) is 0 Å². The Labute approximate surface area is 130 Å². The van der Waals surface area contributed by atoms with Crippen LogP contribution in [0.3, 0.4) is 0 Å². The van der Waals surface area contributed by atoms with Crippen molar-refractivity contribution >= 4 is 23.8 Å². The highest BCUT2D eigenvalue weighted by atomic mass is 32.2. The van der Waals surface area contributed by atoms with Gasteiger partial charge in [-0.2, -0.15) is 3.89 Å². The molecular formula is C15H23FN2O2S. The van der Waals surface area contributed by atoms with Gasteiger partial charge >= 0.3 is 5.97 Å². The number of halogens is 1. The van der Waals surface area contributed by atoms with Gasteiger partial charge in [-0.25, -0.2) is 4.79 Å². The normalized spacial score (nSPS) is 10.7. The van der Waals surface area contributed by atoms with E-state index in [1.165, 1.54) is 0 Å². The van der Waals surface area contributed by atoms with Crippen LogP contribution in [-0.2, 0) is 4.74 Å². The zero-order chi connectivity index (χ0) is 15.5. The lowest BCUT2D eigenvalue weighted by Crippen LogP contribution is -2.23. The summed E-state index contributed by atoms with van der Waals surface area (Å²) in [7, 11) is 1.77. The molecule has 6 heteroatoms. The molecule has 0 unspecified atom stereocenters. The van der Waals surface area contributed by atoms with Crippen LogP contribution in [0.5, 0.6) is 0 Å². The molecule has 1 N–H and O–H groups in total. The molecule has 0 saturated carbocycles. The van der Waals surface area contributed by atoms with Crippen LogP contribution >= 0.6 is 12.1 Å². The lowest BCUT2D eigenvalue weighted by Gasteiger charge is -2.13. The number of anilines is 1. The zero-order valence-corrected chi connectivity index (χ0v) is 13.4. The molecule has 0 bridgehead atoms. The van der Waals surface area contributed by atoms with Crippen LogP contribution in [0.4, 0.5) is 9.57 Å². The van der Waals surface area contributed by atoms with Crippen molar-refractivity contribution in [2.24, 2.45) is 0 Å². The first kappa shape index (κ1) is 17.8. The second-order valence-corrected chi connectivity index (χ2v) is 5.29. The fourth-order valence-electron chi connectivity index (χ4n) is 1.66. The number of esters is 1. The Bertz CT molecular complexity index is 415. The van der Waals surface area contributed by atoms with Crippen LogP contribution in [0.15, 0.2) is 24.3 Å². The maximum absolute atomic E-state index is 12.0. The zero-order valence-electron chi connectivity index (χ0n) is 12.6. The molecular weight excluding hydrogens is 291 g/mol. The van der Waals surface area contributed by atoms with Crippen LogP contribution < -0.4 is 5.32 Å². The van der Waals surface area contributed by atoms with E-state index in [9.17, 15) is 8.68 Å². The molecule has 0 heterocycles. The molecule has 21 heavy (non-hydrogen) atoms. The van der Waals surface area contributed by atoms with Crippen molar-refractivity contribution < 1.29 is 13.4 Å². The van der Waals surface area contributed by atoms with Crippen molar-refractivity contribution in [1.82, 2.24) is 4.90 Å². The highest BCUT2D eigenvalue weighted by Crippen LogP contribution is 2.11. The van der Waals surface area contributed by atoms with Crippen molar-refractivity contribution in [3.05, 3.63) is 29.8 Å². The van der Waals surface area contributed by atoms with E-state index in [2.05, 4.69) is 12.2 Å². The van der Waals surface area contributed by atoms with Gasteiger partial charge in [0.05, 0.1) is 23.6 Å². The first-order chi connectivity index (χ1) is 10.2. The predicted molar refractivity (Wildman–Crippen MR) is 86.3 cm³/mol. The van der Waals surface area contributed by atoms with Gasteiger partial charge in [-0.15, -0.1) is 0 Å². The van der Waals surface area contributed by atoms with E-state index in [1.54, 1.807) is 24.1 Å². The van der Waals surface area contributed by atoms with Gasteiger partial charge in [0, 0.05) is 18.8 Å². The number of unbranched alkanes of at least 4 members (excludes halogenated alkanes) is 1. The fraction of sp³-hybridized carbons (Fsp3) is 0.533. The van der Waals surface area contributed by atoms with Crippen LogP contribution in [0.1, 0.15) is 30.1 Å². The average molecular weight is 314 g/mol. The van der Waals surface area contributed by atoms with E-state index in [0.29, 0.717) is 12.1 Å². The van der Waals surface area contributed by atoms with E-state index in [4.69, 9.17) is 4.74 Å². The molecule has 0 aliphatic rings. The highest BCUT2D eigenvalue weighted by molar-refractivity contribution is 7.94. The number of carbonyl (C=O) groups is 1. The standard InChI is InChI=1S/C15H23FN2O2S/c1-3-4-9-17-14-7-5-13(6-8-14)15(19)20-11-10-18(2)12-21-16/h5-8,17H,3-4,9-12H2,1-2H3. The molecule has 0 amide bonds. The summed E-state index contributed by atoms with van der Waals surface area (Å²) < 4.78 is 17.2. The summed E-state index contributed by atoms with van der Waals surface area (Å²) in [4.78, 5) is 13.6. The minimum absolute atomic E-state index is 0.253. The monoisotopic (exact) mass is 314 g/mol. The lowest BCUT2D eigenvalue weighted by molar-refractivity contribution is 0.0480. The van der Waals surface area contributed by atoms with Gasteiger partial charge in [-0.3, -0.25) is 4.90 Å². The molecule has 0 fully saturated rings. The number of nitrogens with one attached hydrogen (secondary N) is 1.